The first-order chi connectivity index (χ1) is 9.51. The number of carbonyl (C=O) groups is 1. The molecule has 21 heavy (non-hydrogen) atoms. The highest BCUT2D eigenvalue weighted by Crippen LogP contribution is 2.34. The number of carboxylic acids is 1. The van der Waals surface area contributed by atoms with Crippen molar-refractivity contribution < 1.29 is 32.4 Å². The third kappa shape index (κ3) is 4.74. The van der Waals surface area contributed by atoms with E-state index in [4.69, 9.17) is 16.7 Å². The molecule has 1 N–H and O–H groups in total. The van der Waals surface area contributed by atoms with Gasteiger partial charge in [-0.05, 0) is 0 Å². The van der Waals surface area contributed by atoms with Crippen LogP contribution in [0.1, 0.15) is 0 Å². The average Bonchev–Trinajstić information content (AvgIpc) is 2.28. The maximum atomic E-state index is 13.3. The average molecular weight is 331 g/mol. The number of nitro groups is 1. The van der Waals surface area contributed by atoms with Gasteiger partial charge in [0.2, 0.25) is 0 Å². The molecular formula is C10H7ClF4N2O4. The molecule has 116 valence electrons. The highest BCUT2D eigenvalue weighted by molar-refractivity contribution is 6.31. The Labute approximate surface area is 119 Å². The second-order valence-electron chi connectivity index (χ2n) is 3.88. The lowest BCUT2D eigenvalue weighted by Crippen LogP contribution is -2.38. The molecule has 1 aromatic carbocycles. The fraction of sp³-hybridized carbons (Fsp3) is 0.300. The zero-order valence-electron chi connectivity index (χ0n) is 10.0. The van der Waals surface area contributed by atoms with Gasteiger partial charge in [0.25, 0.3) is 5.69 Å². The van der Waals surface area contributed by atoms with Crippen LogP contribution in [0.3, 0.4) is 0 Å². The molecule has 0 saturated carbocycles. The second-order valence-corrected chi connectivity index (χ2v) is 4.28. The molecular weight excluding hydrogens is 324 g/mol. The lowest BCUT2D eigenvalue weighted by atomic mass is 10.2. The molecule has 0 aromatic heterocycles. The topological polar surface area (TPSA) is 83.7 Å². The number of anilines is 1. The summed E-state index contributed by atoms with van der Waals surface area (Å²) < 4.78 is 50.6. The molecule has 6 nitrogen and oxygen atoms in total. The maximum Gasteiger partial charge on any atom is 0.405 e. The quantitative estimate of drug-likeness (QED) is 0.510. The second kappa shape index (κ2) is 6.12. The third-order valence-electron chi connectivity index (χ3n) is 2.25. The molecule has 0 amide bonds. The Bertz CT molecular complexity index is 579. The van der Waals surface area contributed by atoms with Gasteiger partial charge in [-0.15, -0.1) is 0 Å². The number of aliphatic carboxylic acids is 1. The molecule has 0 fully saturated rings. The van der Waals surface area contributed by atoms with Gasteiger partial charge >= 0.3 is 12.1 Å². The molecule has 0 saturated heterocycles. The summed E-state index contributed by atoms with van der Waals surface area (Å²) in [5.41, 5.74) is -1.74. The summed E-state index contributed by atoms with van der Waals surface area (Å²) in [6, 6.07) is 0.923. The number of hydrogen-bond acceptors (Lipinski definition) is 4. The van der Waals surface area contributed by atoms with Gasteiger partial charge < -0.3 is 10.0 Å². The van der Waals surface area contributed by atoms with Gasteiger partial charge in [0, 0.05) is 12.1 Å². The van der Waals surface area contributed by atoms with Gasteiger partial charge in [-0.25, -0.2) is 4.39 Å². The van der Waals surface area contributed by atoms with E-state index < -0.39 is 52.4 Å². The molecule has 0 radical (unpaired) electrons. The lowest BCUT2D eigenvalue weighted by molar-refractivity contribution is -0.384. The molecule has 0 atom stereocenters. The van der Waals surface area contributed by atoms with E-state index in [0.717, 1.165) is 0 Å². The van der Waals surface area contributed by atoms with Crippen molar-refractivity contribution in [2.24, 2.45) is 0 Å². The Hall–Kier alpha value is -2.10. The van der Waals surface area contributed by atoms with Crippen LogP contribution in [0.4, 0.5) is 28.9 Å². The van der Waals surface area contributed by atoms with Crippen LogP contribution in [0.2, 0.25) is 5.02 Å². The van der Waals surface area contributed by atoms with Crippen molar-refractivity contribution in [3.05, 3.63) is 33.1 Å². The molecule has 0 unspecified atom stereocenters. The minimum Gasteiger partial charge on any atom is -0.480 e. The van der Waals surface area contributed by atoms with Crippen LogP contribution in [-0.2, 0) is 4.79 Å². The zero-order chi connectivity index (χ0) is 16.4. The number of alkyl halides is 3. The van der Waals surface area contributed by atoms with Crippen LogP contribution in [0.5, 0.6) is 0 Å². The monoisotopic (exact) mass is 330 g/mol. The Morgan fingerprint density at radius 2 is 2.00 bits per heavy atom. The summed E-state index contributed by atoms with van der Waals surface area (Å²) >= 11 is 5.34. The summed E-state index contributed by atoms with van der Waals surface area (Å²) in [5.74, 6) is -2.86. The van der Waals surface area contributed by atoms with E-state index in [1.807, 2.05) is 0 Å². The number of rotatable bonds is 5. The minimum absolute atomic E-state index is 0.139. The number of carboxylic acid groups (broad SMARTS) is 1. The highest BCUT2D eigenvalue weighted by atomic mass is 35.5. The minimum atomic E-state index is -4.83. The summed E-state index contributed by atoms with van der Waals surface area (Å²) in [6.45, 7) is -2.98. The first-order valence-electron chi connectivity index (χ1n) is 5.18. The van der Waals surface area contributed by atoms with Crippen LogP contribution in [0, 0.1) is 15.9 Å². The van der Waals surface area contributed by atoms with Gasteiger partial charge in [-0.2, -0.15) is 13.2 Å². The van der Waals surface area contributed by atoms with Crippen molar-refractivity contribution in [1.29, 1.82) is 0 Å². The molecule has 0 bridgehead atoms. The molecule has 0 spiro atoms. The predicted octanol–water partition coefficient (Wildman–Crippen LogP) is 2.84. The van der Waals surface area contributed by atoms with E-state index in [9.17, 15) is 32.5 Å². The van der Waals surface area contributed by atoms with E-state index >= 15 is 0 Å². The van der Waals surface area contributed by atoms with Crippen molar-refractivity contribution in [2.45, 2.75) is 6.18 Å². The Morgan fingerprint density at radius 1 is 1.43 bits per heavy atom. The highest BCUT2D eigenvalue weighted by Gasteiger charge is 2.34. The van der Waals surface area contributed by atoms with Crippen LogP contribution >= 0.6 is 11.6 Å². The van der Waals surface area contributed by atoms with Gasteiger partial charge in [-0.1, -0.05) is 11.6 Å². The predicted molar refractivity (Wildman–Crippen MR) is 64.0 cm³/mol. The molecule has 1 aromatic rings. The maximum absolute atomic E-state index is 13.3. The number of benzene rings is 1. The Balaban J connectivity index is 3.38. The third-order valence-corrected chi connectivity index (χ3v) is 2.54. The van der Waals surface area contributed by atoms with Crippen LogP contribution < -0.4 is 4.90 Å². The van der Waals surface area contributed by atoms with Crippen molar-refractivity contribution >= 4 is 28.9 Å². The fourth-order valence-corrected chi connectivity index (χ4v) is 1.69. The smallest absolute Gasteiger partial charge is 0.405 e. The summed E-state index contributed by atoms with van der Waals surface area (Å²) in [7, 11) is 0. The number of nitro benzene ring substituents is 1. The van der Waals surface area contributed by atoms with Crippen molar-refractivity contribution in [2.75, 3.05) is 18.0 Å². The van der Waals surface area contributed by atoms with Crippen LogP contribution in [0.25, 0.3) is 0 Å². The first kappa shape index (κ1) is 17.0. The van der Waals surface area contributed by atoms with Gasteiger partial charge in [0.1, 0.15) is 24.6 Å². The van der Waals surface area contributed by atoms with Crippen molar-refractivity contribution in [3.8, 4) is 0 Å². The fourth-order valence-electron chi connectivity index (χ4n) is 1.53. The molecule has 0 aliphatic rings. The molecule has 0 heterocycles. The van der Waals surface area contributed by atoms with E-state index in [1.54, 1.807) is 0 Å². The molecule has 0 aliphatic heterocycles. The normalized spacial score (nSPS) is 11.3. The largest absolute Gasteiger partial charge is 0.480 e. The summed E-state index contributed by atoms with van der Waals surface area (Å²) in [6.07, 6.45) is -4.83. The van der Waals surface area contributed by atoms with Gasteiger partial charge in [0.05, 0.1) is 9.95 Å². The van der Waals surface area contributed by atoms with E-state index in [0.29, 0.717) is 12.1 Å². The number of halogens is 5. The van der Waals surface area contributed by atoms with Gasteiger partial charge in [-0.3, -0.25) is 14.9 Å². The first-order valence-corrected chi connectivity index (χ1v) is 5.56. The summed E-state index contributed by atoms with van der Waals surface area (Å²) in [5, 5.41) is 18.7. The van der Waals surface area contributed by atoms with Crippen LogP contribution in [0.15, 0.2) is 12.1 Å². The van der Waals surface area contributed by atoms with Crippen LogP contribution in [-0.4, -0.2) is 35.3 Å². The van der Waals surface area contributed by atoms with Gasteiger partial charge in [0.15, 0.2) is 0 Å². The molecule has 0 aliphatic carbocycles. The van der Waals surface area contributed by atoms with Crippen molar-refractivity contribution in [3.63, 3.8) is 0 Å². The molecule has 11 heteroatoms. The van der Waals surface area contributed by atoms with Crippen molar-refractivity contribution in [1.82, 2.24) is 0 Å². The number of nitrogens with zero attached hydrogens (tertiary/aromatic N) is 2. The standard InChI is InChI=1S/C10H7ClF4N2O4/c11-5-1-8(17(20)21)7(2-6(5)12)16(3-9(18)19)4-10(13,14)15/h1-2H,3-4H2,(H,18,19). The SMILES string of the molecule is O=C(O)CN(CC(F)(F)F)c1cc(F)c(Cl)cc1[N+](=O)[O-]. The summed E-state index contributed by atoms with van der Waals surface area (Å²) in [4.78, 5) is 20.5. The zero-order valence-corrected chi connectivity index (χ0v) is 10.8. The lowest BCUT2D eigenvalue weighted by Gasteiger charge is -2.24. The van der Waals surface area contributed by atoms with E-state index in [-0.39, 0.29) is 4.90 Å². The van der Waals surface area contributed by atoms with E-state index in [1.165, 1.54) is 0 Å². The Morgan fingerprint density at radius 3 is 2.43 bits per heavy atom. The number of hydrogen-bond donors (Lipinski definition) is 1. The molecule has 1 rings (SSSR count). The Kier molecular flexibility index (Phi) is 4.94. The van der Waals surface area contributed by atoms with E-state index in [2.05, 4.69) is 0 Å².